The van der Waals surface area contributed by atoms with Gasteiger partial charge in [-0.1, -0.05) is 13.8 Å². The SMILES string of the molecule is CC(C)c1n[nH]c([C@H]2CN(Cc3ccn(C(C)C)n3)CCO2)n1. The van der Waals surface area contributed by atoms with Gasteiger partial charge in [0.15, 0.2) is 11.6 Å². The smallest absolute Gasteiger partial charge is 0.155 e. The van der Waals surface area contributed by atoms with Gasteiger partial charge in [0.2, 0.25) is 0 Å². The van der Waals surface area contributed by atoms with Crippen molar-refractivity contribution < 1.29 is 4.74 Å². The van der Waals surface area contributed by atoms with Crippen molar-refractivity contribution in [3.63, 3.8) is 0 Å². The third kappa shape index (κ3) is 3.79. The molecule has 2 aromatic heterocycles. The van der Waals surface area contributed by atoms with Crippen LogP contribution in [0.5, 0.6) is 0 Å². The topological polar surface area (TPSA) is 71.9 Å². The minimum atomic E-state index is -0.0454. The molecule has 1 N–H and O–H groups in total. The van der Waals surface area contributed by atoms with Gasteiger partial charge in [-0.3, -0.25) is 14.7 Å². The third-order valence-electron chi connectivity index (χ3n) is 4.07. The Bertz CT molecular complexity index is 632. The molecule has 7 nitrogen and oxygen atoms in total. The van der Waals surface area contributed by atoms with Gasteiger partial charge in [0.05, 0.1) is 12.3 Å². The first-order valence-electron chi connectivity index (χ1n) is 8.33. The summed E-state index contributed by atoms with van der Waals surface area (Å²) in [7, 11) is 0. The number of hydrogen-bond acceptors (Lipinski definition) is 5. The van der Waals surface area contributed by atoms with E-state index >= 15 is 0 Å². The zero-order valence-corrected chi connectivity index (χ0v) is 14.4. The molecule has 0 spiro atoms. The van der Waals surface area contributed by atoms with Crippen molar-refractivity contribution in [1.82, 2.24) is 29.9 Å². The molecular weight excluding hydrogens is 292 g/mol. The Morgan fingerprint density at radius 2 is 2.17 bits per heavy atom. The van der Waals surface area contributed by atoms with E-state index in [9.17, 15) is 0 Å². The van der Waals surface area contributed by atoms with Crippen LogP contribution in [0.4, 0.5) is 0 Å². The van der Waals surface area contributed by atoms with Crippen LogP contribution < -0.4 is 0 Å². The molecular formula is C16H26N6O. The van der Waals surface area contributed by atoms with Crippen LogP contribution in [0, 0.1) is 0 Å². The molecule has 1 aliphatic heterocycles. The highest BCUT2D eigenvalue weighted by Gasteiger charge is 2.25. The van der Waals surface area contributed by atoms with E-state index in [1.807, 2.05) is 10.9 Å². The van der Waals surface area contributed by atoms with Crippen LogP contribution >= 0.6 is 0 Å². The van der Waals surface area contributed by atoms with E-state index in [2.05, 4.69) is 58.9 Å². The average molecular weight is 318 g/mol. The lowest BCUT2D eigenvalue weighted by molar-refractivity contribution is -0.0374. The van der Waals surface area contributed by atoms with Crippen molar-refractivity contribution in [3.05, 3.63) is 29.6 Å². The van der Waals surface area contributed by atoms with Crippen LogP contribution in [0.1, 0.15) is 63.1 Å². The second-order valence-corrected chi connectivity index (χ2v) is 6.71. The van der Waals surface area contributed by atoms with Crippen molar-refractivity contribution in [2.45, 2.75) is 52.3 Å². The van der Waals surface area contributed by atoms with Crippen molar-refractivity contribution in [2.24, 2.45) is 0 Å². The molecule has 1 saturated heterocycles. The van der Waals surface area contributed by atoms with Gasteiger partial charge < -0.3 is 4.74 Å². The Balaban J connectivity index is 1.63. The predicted octanol–water partition coefficient (Wildman–Crippen LogP) is 2.28. The van der Waals surface area contributed by atoms with Gasteiger partial charge >= 0.3 is 0 Å². The third-order valence-corrected chi connectivity index (χ3v) is 4.07. The fourth-order valence-electron chi connectivity index (χ4n) is 2.68. The molecule has 1 aliphatic rings. The summed E-state index contributed by atoms with van der Waals surface area (Å²) in [5.74, 6) is 1.99. The van der Waals surface area contributed by atoms with Gasteiger partial charge in [0, 0.05) is 37.8 Å². The summed E-state index contributed by atoms with van der Waals surface area (Å²) < 4.78 is 7.87. The number of hydrogen-bond donors (Lipinski definition) is 1. The molecule has 0 saturated carbocycles. The van der Waals surface area contributed by atoms with E-state index in [-0.39, 0.29) is 6.10 Å². The zero-order chi connectivity index (χ0) is 16.4. The molecule has 3 heterocycles. The van der Waals surface area contributed by atoms with Gasteiger partial charge in [0.25, 0.3) is 0 Å². The molecule has 23 heavy (non-hydrogen) atoms. The maximum Gasteiger partial charge on any atom is 0.155 e. The molecule has 0 unspecified atom stereocenters. The van der Waals surface area contributed by atoms with E-state index in [4.69, 9.17) is 4.74 Å². The molecule has 0 aliphatic carbocycles. The van der Waals surface area contributed by atoms with Gasteiger partial charge in [-0.05, 0) is 19.9 Å². The quantitative estimate of drug-likeness (QED) is 0.915. The summed E-state index contributed by atoms with van der Waals surface area (Å²) in [5.41, 5.74) is 1.10. The van der Waals surface area contributed by atoms with Gasteiger partial charge in [0.1, 0.15) is 6.10 Å². The summed E-state index contributed by atoms with van der Waals surface area (Å²) in [6.45, 7) is 11.7. The van der Waals surface area contributed by atoms with Crippen LogP contribution in [0.2, 0.25) is 0 Å². The Morgan fingerprint density at radius 1 is 1.35 bits per heavy atom. The molecule has 7 heteroatoms. The first-order valence-corrected chi connectivity index (χ1v) is 8.33. The monoisotopic (exact) mass is 318 g/mol. The summed E-state index contributed by atoms with van der Waals surface area (Å²) in [6, 6.07) is 2.49. The molecule has 1 atom stereocenters. The highest BCUT2D eigenvalue weighted by atomic mass is 16.5. The van der Waals surface area contributed by atoms with Crippen molar-refractivity contribution in [1.29, 1.82) is 0 Å². The number of nitrogens with zero attached hydrogens (tertiary/aromatic N) is 5. The largest absolute Gasteiger partial charge is 0.368 e. The van der Waals surface area contributed by atoms with Crippen molar-refractivity contribution >= 4 is 0 Å². The molecule has 3 rings (SSSR count). The fraction of sp³-hybridized carbons (Fsp3) is 0.688. The Kier molecular flexibility index (Phi) is 4.77. The van der Waals surface area contributed by atoms with Gasteiger partial charge in [-0.2, -0.15) is 10.2 Å². The molecule has 0 bridgehead atoms. The lowest BCUT2D eigenvalue weighted by atomic mass is 10.2. The number of morpholine rings is 1. The standard InChI is InChI=1S/C16H26N6O/c1-11(2)15-17-16(19-18-15)14-10-21(7-8-23-14)9-13-5-6-22(20-13)12(3)4/h5-6,11-12,14H,7-10H2,1-4H3,(H,17,18,19)/t14-/m1/s1. The van der Waals surface area contributed by atoms with Crippen molar-refractivity contribution in [2.75, 3.05) is 19.7 Å². The van der Waals surface area contributed by atoms with Gasteiger partial charge in [-0.25, -0.2) is 4.98 Å². The molecule has 2 aromatic rings. The summed E-state index contributed by atoms with van der Waals surface area (Å²) >= 11 is 0. The van der Waals surface area contributed by atoms with Crippen LogP contribution in [0.25, 0.3) is 0 Å². The first-order chi connectivity index (χ1) is 11.0. The lowest BCUT2D eigenvalue weighted by Gasteiger charge is -2.31. The second-order valence-electron chi connectivity index (χ2n) is 6.71. The molecule has 0 amide bonds. The van der Waals surface area contributed by atoms with Gasteiger partial charge in [-0.15, -0.1) is 0 Å². The first kappa shape index (κ1) is 16.1. The summed E-state index contributed by atoms with van der Waals surface area (Å²) in [5, 5.41) is 11.9. The minimum absolute atomic E-state index is 0.0454. The normalized spacial score (nSPS) is 19.8. The number of ether oxygens (including phenoxy) is 1. The van der Waals surface area contributed by atoms with Crippen LogP contribution in [-0.4, -0.2) is 49.6 Å². The predicted molar refractivity (Wildman–Crippen MR) is 87.1 cm³/mol. The lowest BCUT2D eigenvalue weighted by Crippen LogP contribution is -2.38. The number of H-pyrrole nitrogens is 1. The Hall–Kier alpha value is -1.73. The molecule has 0 aromatic carbocycles. The van der Waals surface area contributed by atoms with Crippen LogP contribution in [-0.2, 0) is 11.3 Å². The number of nitrogens with one attached hydrogen (secondary N) is 1. The molecule has 0 radical (unpaired) electrons. The Morgan fingerprint density at radius 3 is 2.83 bits per heavy atom. The second kappa shape index (κ2) is 6.80. The highest BCUT2D eigenvalue weighted by molar-refractivity contribution is 5.02. The molecule has 126 valence electrons. The fourth-order valence-corrected chi connectivity index (χ4v) is 2.68. The maximum atomic E-state index is 5.87. The Labute approximate surface area is 137 Å². The van der Waals surface area contributed by atoms with E-state index < -0.39 is 0 Å². The highest BCUT2D eigenvalue weighted by Crippen LogP contribution is 2.21. The number of aromatic nitrogens is 5. The van der Waals surface area contributed by atoms with E-state index in [0.29, 0.717) is 18.6 Å². The summed E-state index contributed by atoms with van der Waals surface area (Å²) in [6.07, 6.45) is 2.00. The average Bonchev–Trinajstić information content (AvgIpc) is 3.16. The minimum Gasteiger partial charge on any atom is -0.368 e. The molecule has 1 fully saturated rings. The van der Waals surface area contributed by atoms with Crippen molar-refractivity contribution in [3.8, 4) is 0 Å². The number of rotatable bonds is 5. The number of aromatic amines is 1. The van der Waals surface area contributed by atoms with E-state index in [1.165, 1.54) is 0 Å². The zero-order valence-electron chi connectivity index (χ0n) is 14.4. The summed E-state index contributed by atoms with van der Waals surface area (Å²) in [4.78, 5) is 6.92. The van der Waals surface area contributed by atoms with E-state index in [1.54, 1.807) is 0 Å². The van der Waals surface area contributed by atoms with E-state index in [0.717, 1.165) is 37.0 Å². The van der Waals surface area contributed by atoms with Crippen LogP contribution in [0.15, 0.2) is 12.3 Å². The maximum absolute atomic E-state index is 5.87. The van der Waals surface area contributed by atoms with Crippen LogP contribution in [0.3, 0.4) is 0 Å².